The second kappa shape index (κ2) is 6.58. The first kappa shape index (κ1) is 17.3. The highest BCUT2D eigenvalue weighted by Crippen LogP contribution is 2.24. The first-order chi connectivity index (χ1) is 10.7. The van der Waals surface area contributed by atoms with Gasteiger partial charge >= 0.3 is 0 Å². The highest BCUT2D eigenvalue weighted by atomic mass is 32.2. The summed E-state index contributed by atoms with van der Waals surface area (Å²) in [5.41, 5.74) is 2.68. The van der Waals surface area contributed by atoms with Crippen LogP contribution in [-0.2, 0) is 16.6 Å². The fourth-order valence-corrected chi connectivity index (χ4v) is 4.30. The Balaban J connectivity index is 2.43. The standard InChI is InChI=1S/C17H22N2O3S/c1-5-8-19-11-15(6-7-16(19)20)18-23(21,22)17-13(3)9-12(2)10-14(17)4/h6-7,9-11,18H,5,8H2,1-4H3. The molecular weight excluding hydrogens is 312 g/mol. The van der Waals surface area contributed by atoms with Gasteiger partial charge in [0.2, 0.25) is 0 Å². The second-order valence-corrected chi connectivity index (χ2v) is 7.40. The smallest absolute Gasteiger partial charge is 0.262 e. The van der Waals surface area contributed by atoms with Crippen LogP contribution in [-0.4, -0.2) is 13.0 Å². The zero-order valence-electron chi connectivity index (χ0n) is 13.9. The summed E-state index contributed by atoms with van der Waals surface area (Å²) in [5, 5.41) is 0. The fraction of sp³-hybridized carbons (Fsp3) is 0.353. The Kier molecular flexibility index (Phi) is 4.94. The molecule has 0 aliphatic rings. The summed E-state index contributed by atoms with van der Waals surface area (Å²) in [5.74, 6) is 0. The van der Waals surface area contributed by atoms with Gasteiger partial charge in [-0.25, -0.2) is 8.42 Å². The summed E-state index contributed by atoms with van der Waals surface area (Å²) in [7, 11) is -3.70. The first-order valence-corrected chi connectivity index (χ1v) is 9.04. The molecule has 6 heteroatoms. The molecular formula is C17H22N2O3S. The maximum absolute atomic E-state index is 12.7. The van der Waals surface area contributed by atoms with Gasteiger partial charge < -0.3 is 4.57 Å². The van der Waals surface area contributed by atoms with E-state index in [9.17, 15) is 13.2 Å². The van der Waals surface area contributed by atoms with Crippen molar-refractivity contribution >= 4 is 15.7 Å². The van der Waals surface area contributed by atoms with Crippen LogP contribution in [0.15, 0.2) is 40.2 Å². The molecule has 0 unspecified atom stereocenters. The highest BCUT2D eigenvalue weighted by molar-refractivity contribution is 7.92. The molecule has 1 N–H and O–H groups in total. The zero-order chi connectivity index (χ0) is 17.2. The molecule has 2 aromatic rings. The molecule has 0 atom stereocenters. The van der Waals surface area contributed by atoms with E-state index in [1.807, 2.05) is 26.0 Å². The minimum Gasteiger partial charge on any atom is -0.313 e. The minimum atomic E-state index is -3.70. The van der Waals surface area contributed by atoms with Gasteiger partial charge in [0, 0.05) is 18.8 Å². The molecule has 0 amide bonds. The van der Waals surface area contributed by atoms with E-state index in [1.165, 1.54) is 16.7 Å². The Hall–Kier alpha value is -2.08. The summed E-state index contributed by atoms with van der Waals surface area (Å²) < 4.78 is 29.5. The number of aryl methyl sites for hydroxylation is 4. The molecule has 1 heterocycles. The normalized spacial score (nSPS) is 11.5. The average Bonchev–Trinajstić information content (AvgIpc) is 2.40. The van der Waals surface area contributed by atoms with Gasteiger partial charge in [-0.3, -0.25) is 9.52 Å². The van der Waals surface area contributed by atoms with Gasteiger partial charge in [-0.1, -0.05) is 24.6 Å². The van der Waals surface area contributed by atoms with Crippen LogP contribution in [0.2, 0.25) is 0 Å². The maximum Gasteiger partial charge on any atom is 0.262 e. The lowest BCUT2D eigenvalue weighted by atomic mass is 10.1. The SMILES string of the molecule is CCCn1cc(NS(=O)(=O)c2c(C)cc(C)cc2C)ccc1=O. The monoisotopic (exact) mass is 334 g/mol. The van der Waals surface area contributed by atoms with Gasteiger partial charge in [0.1, 0.15) is 0 Å². The third-order valence-corrected chi connectivity index (χ3v) is 5.26. The molecule has 0 radical (unpaired) electrons. The van der Waals surface area contributed by atoms with Crippen LogP contribution < -0.4 is 10.3 Å². The van der Waals surface area contributed by atoms with Gasteiger partial charge in [-0.2, -0.15) is 0 Å². The number of rotatable bonds is 5. The van der Waals surface area contributed by atoms with E-state index in [4.69, 9.17) is 0 Å². The van der Waals surface area contributed by atoms with Crippen molar-refractivity contribution in [3.8, 4) is 0 Å². The molecule has 0 saturated carbocycles. The summed E-state index contributed by atoms with van der Waals surface area (Å²) in [6.07, 6.45) is 2.34. The van der Waals surface area contributed by atoms with Crippen LogP contribution in [0.3, 0.4) is 0 Å². The molecule has 0 aliphatic heterocycles. The van der Waals surface area contributed by atoms with Crippen molar-refractivity contribution in [1.29, 1.82) is 0 Å². The molecule has 2 rings (SSSR count). The first-order valence-electron chi connectivity index (χ1n) is 7.55. The fourth-order valence-electron chi connectivity index (χ4n) is 2.80. The van der Waals surface area contributed by atoms with E-state index in [2.05, 4.69) is 4.72 Å². The zero-order valence-corrected chi connectivity index (χ0v) is 14.7. The van der Waals surface area contributed by atoms with Crippen LogP contribution in [0.5, 0.6) is 0 Å². The molecule has 0 bridgehead atoms. The second-order valence-electron chi connectivity index (χ2n) is 5.78. The summed E-state index contributed by atoms with van der Waals surface area (Å²) >= 11 is 0. The summed E-state index contributed by atoms with van der Waals surface area (Å²) in [6, 6.07) is 6.56. The molecule has 23 heavy (non-hydrogen) atoms. The van der Waals surface area contributed by atoms with Crippen LogP contribution in [0, 0.1) is 20.8 Å². The third kappa shape index (κ3) is 3.82. The summed E-state index contributed by atoms with van der Waals surface area (Å²) in [4.78, 5) is 12.0. The van der Waals surface area contributed by atoms with Crippen molar-refractivity contribution in [2.24, 2.45) is 0 Å². The molecule has 1 aromatic heterocycles. The van der Waals surface area contributed by atoms with Crippen molar-refractivity contribution in [1.82, 2.24) is 4.57 Å². The van der Waals surface area contributed by atoms with Gasteiger partial charge in [0.05, 0.1) is 10.6 Å². The third-order valence-electron chi connectivity index (χ3n) is 3.57. The summed E-state index contributed by atoms with van der Waals surface area (Å²) in [6.45, 7) is 8.02. The molecule has 1 aromatic carbocycles. The van der Waals surface area contributed by atoms with Crippen LogP contribution in [0.25, 0.3) is 0 Å². The van der Waals surface area contributed by atoms with Crippen LogP contribution >= 0.6 is 0 Å². The molecule has 5 nitrogen and oxygen atoms in total. The van der Waals surface area contributed by atoms with Gasteiger partial charge in [0.15, 0.2) is 0 Å². The van der Waals surface area contributed by atoms with E-state index in [0.29, 0.717) is 23.4 Å². The van der Waals surface area contributed by atoms with E-state index in [-0.39, 0.29) is 10.5 Å². The topological polar surface area (TPSA) is 68.2 Å². The van der Waals surface area contributed by atoms with Gasteiger partial charge in [0.25, 0.3) is 15.6 Å². The number of hydrogen-bond donors (Lipinski definition) is 1. The quantitative estimate of drug-likeness (QED) is 0.914. The number of pyridine rings is 1. The predicted molar refractivity (Wildman–Crippen MR) is 92.5 cm³/mol. The lowest BCUT2D eigenvalue weighted by molar-refractivity contribution is 0.599. The number of hydrogen-bond acceptors (Lipinski definition) is 3. The Morgan fingerprint density at radius 1 is 1.09 bits per heavy atom. The number of nitrogens with one attached hydrogen (secondary N) is 1. The number of aromatic nitrogens is 1. The maximum atomic E-state index is 12.7. The molecule has 0 saturated heterocycles. The number of sulfonamides is 1. The number of nitrogens with zero attached hydrogens (tertiary/aromatic N) is 1. The van der Waals surface area contributed by atoms with Crippen LogP contribution in [0.4, 0.5) is 5.69 Å². The average molecular weight is 334 g/mol. The van der Waals surface area contributed by atoms with Crippen molar-refractivity contribution in [3.63, 3.8) is 0 Å². The van der Waals surface area contributed by atoms with Crippen molar-refractivity contribution in [2.45, 2.75) is 45.6 Å². The highest BCUT2D eigenvalue weighted by Gasteiger charge is 2.20. The van der Waals surface area contributed by atoms with Crippen LogP contribution in [0.1, 0.15) is 30.0 Å². The van der Waals surface area contributed by atoms with E-state index in [1.54, 1.807) is 20.0 Å². The van der Waals surface area contributed by atoms with E-state index < -0.39 is 10.0 Å². The lowest BCUT2D eigenvalue weighted by Gasteiger charge is -2.14. The van der Waals surface area contributed by atoms with Crippen molar-refractivity contribution in [2.75, 3.05) is 4.72 Å². The van der Waals surface area contributed by atoms with Crippen molar-refractivity contribution < 1.29 is 8.42 Å². The number of anilines is 1. The van der Waals surface area contributed by atoms with Gasteiger partial charge in [-0.05, 0) is 44.4 Å². The number of benzene rings is 1. The Bertz CT molecular complexity index is 860. The molecule has 0 fully saturated rings. The minimum absolute atomic E-state index is 0.141. The Labute approximate surface area is 137 Å². The lowest BCUT2D eigenvalue weighted by Crippen LogP contribution is -2.21. The molecule has 124 valence electrons. The van der Waals surface area contributed by atoms with Crippen molar-refractivity contribution in [3.05, 3.63) is 57.5 Å². The molecule has 0 spiro atoms. The van der Waals surface area contributed by atoms with Gasteiger partial charge in [-0.15, -0.1) is 0 Å². The predicted octanol–water partition coefficient (Wildman–Crippen LogP) is 2.98. The van der Waals surface area contributed by atoms with E-state index in [0.717, 1.165) is 12.0 Å². The Morgan fingerprint density at radius 3 is 2.26 bits per heavy atom. The van der Waals surface area contributed by atoms with E-state index >= 15 is 0 Å². The largest absolute Gasteiger partial charge is 0.313 e. The Morgan fingerprint density at radius 2 is 1.70 bits per heavy atom. The molecule has 0 aliphatic carbocycles.